The van der Waals surface area contributed by atoms with Crippen LogP contribution in [0.15, 0.2) is 30.6 Å². The van der Waals surface area contributed by atoms with E-state index in [4.69, 9.17) is 0 Å². The van der Waals surface area contributed by atoms with Crippen LogP contribution in [0, 0.1) is 0 Å². The van der Waals surface area contributed by atoms with Gasteiger partial charge in [0, 0.05) is 24.2 Å². The number of aromatic nitrogens is 3. The van der Waals surface area contributed by atoms with Gasteiger partial charge in [-0.05, 0) is 24.5 Å². The van der Waals surface area contributed by atoms with Crippen molar-refractivity contribution in [2.75, 3.05) is 5.32 Å². The zero-order valence-corrected chi connectivity index (χ0v) is 11.2. The van der Waals surface area contributed by atoms with Gasteiger partial charge < -0.3 is 5.32 Å². The average molecular weight is 258 g/mol. The van der Waals surface area contributed by atoms with Crippen molar-refractivity contribution in [3.8, 4) is 0 Å². The minimum absolute atomic E-state index is 0.200. The molecule has 2 aromatic rings. The molecule has 0 fully saturated rings. The van der Waals surface area contributed by atoms with Gasteiger partial charge >= 0.3 is 0 Å². The maximum atomic E-state index is 11.9. The first-order chi connectivity index (χ1) is 9.20. The van der Waals surface area contributed by atoms with Crippen LogP contribution in [0.2, 0.25) is 0 Å². The van der Waals surface area contributed by atoms with E-state index in [1.807, 2.05) is 6.07 Å². The highest BCUT2D eigenvalue weighted by atomic mass is 16.1. The van der Waals surface area contributed by atoms with Crippen LogP contribution < -0.4 is 5.32 Å². The summed E-state index contributed by atoms with van der Waals surface area (Å²) in [7, 11) is 0. The molecule has 1 atom stereocenters. The third-order valence-electron chi connectivity index (χ3n) is 3.02. The summed E-state index contributed by atoms with van der Waals surface area (Å²) in [6, 6.07) is 5.33. The summed E-state index contributed by atoms with van der Waals surface area (Å²) in [6.07, 6.45) is 5.38. The lowest BCUT2D eigenvalue weighted by atomic mass is 10.0. The molecule has 0 aromatic carbocycles. The van der Waals surface area contributed by atoms with Crippen molar-refractivity contribution in [3.05, 3.63) is 41.9 Å². The Morgan fingerprint density at radius 2 is 2.37 bits per heavy atom. The third-order valence-corrected chi connectivity index (χ3v) is 3.02. The minimum atomic E-state index is -0.200. The van der Waals surface area contributed by atoms with Gasteiger partial charge in [-0.3, -0.25) is 14.9 Å². The van der Waals surface area contributed by atoms with Crippen molar-refractivity contribution in [2.45, 2.75) is 32.6 Å². The van der Waals surface area contributed by atoms with Crippen LogP contribution in [0.5, 0.6) is 0 Å². The molecule has 5 nitrogen and oxygen atoms in total. The van der Waals surface area contributed by atoms with E-state index in [1.165, 1.54) is 6.20 Å². The Kier molecular flexibility index (Phi) is 4.28. The molecule has 5 heteroatoms. The number of H-pyrrole nitrogens is 1. The third kappa shape index (κ3) is 3.40. The van der Waals surface area contributed by atoms with Crippen molar-refractivity contribution < 1.29 is 4.79 Å². The smallest absolute Gasteiger partial charge is 0.258 e. The Hall–Kier alpha value is -2.17. The van der Waals surface area contributed by atoms with Crippen LogP contribution >= 0.6 is 0 Å². The summed E-state index contributed by atoms with van der Waals surface area (Å²) in [5.74, 6) is 0.766. The zero-order chi connectivity index (χ0) is 13.7. The number of nitrogens with one attached hydrogen (secondary N) is 2. The predicted octanol–water partition coefficient (Wildman–Crippen LogP) is 2.96. The number of hydrogen-bond acceptors (Lipinski definition) is 3. The van der Waals surface area contributed by atoms with E-state index >= 15 is 0 Å². The summed E-state index contributed by atoms with van der Waals surface area (Å²) in [4.78, 5) is 15.8. The van der Waals surface area contributed by atoms with Gasteiger partial charge in [-0.25, -0.2) is 0 Å². The van der Waals surface area contributed by atoms with Crippen LogP contribution in [0.3, 0.4) is 0 Å². The van der Waals surface area contributed by atoms with Gasteiger partial charge in [0.1, 0.15) is 0 Å². The highest BCUT2D eigenvalue weighted by Crippen LogP contribution is 2.20. The zero-order valence-electron chi connectivity index (χ0n) is 11.2. The second-order valence-electron chi connectivity index (χ2n) is 4.59. The topological polar surface area (TPSA) is 70.7 Å². The molecule has 100 valence electrons. The predicted molar refractivity (Wildman–Crippen MR) is 74.1 cm³/mol. The summed E-state index contributed by atoms with van der Waals surface area (Å²) in [6.45, 7) is 4.29. The largest absolute Gasteiger partial charge is 0.305 e. The minimum Gasteiger partial charge on any atom is -0.305 e. The van der Waals surface area contributed by atoms with E-state index in [-0.39, 0.29) is 5.91 Å². The van der Waals surface area contributed by atoms with Gasteiger partial charge in [-0.15, -0.1) is 0 Å². The van der Waals surface area contributed by atoms with Gasteiger partial charge in [0.2, 0.25) is 0 Å². The molecule has 2 heterocycles. The quantitative estimate of drug-likeness (QED) is 0.866. The first-order valence-electron chi connectivity index (χ1n) is 6.47. The molecule has 0 saturated heterocycles. The molecule has 0 saturated carbocycles. The molecular formula is C14H18N4O. The van der Waals surface area contributed by atoms with E-state index in [9.17, 15) is 4.79 Å². The molecule has 0 radical (unpaired) electrons. The Morgan fingerprint density at radius 1 is 1.53 bits per heavy atom. The van der Waals surface area contributed by atoms with Crippen LogP contribution in [0.4, 0.5) is 5.82 Å². The van der Waals surface area contributed by atoms with E-state index < -0.39 is 0 Å². The molecule has 0 unspecified atom stereocenters. The number of nitrogens with zero attached hydrogens (tertiary/aromatic N) is 2. The highest BCUT2D eigenvalue weighted by molar-refractivity contribution is 6.03. The second-order valence-corrected chi connectivity index (χ2v) is 4.59. The summed E-state index contributed by atoms with van der Waals surface area (Å²) >= 11 is 0. The molecule has 2 N–H and O–H groups in total. The van der Waals surface area contributed by atoms with Crippen LogP contribution in [-0.4, -0.2) is 21.1 Å². The number of rotatable bonds is 5. The Bertz CT molecular complexity index is 535. The number of hydrogen-bond donors (Lipinski definition) is 2. The first kappa shape index (κ1) is 13.3. The van der Waals surface area contributed by atoms with Crippen molar-refractivity contribution in [3.63, 3.8) is 0 Å². The molecule has 0 spiro atoms. The first-order valence-corrected chi connectivity index (χ1v) is 6.47. The summed E-state index contributed by atoms with van der Waals surface area (Å²) < 4.78 is 0. The standard InChI is InChI=1S/C14H18N4O/c1-3-5-10(2)12-8-13(18-17-12)16-14(19)11-6-4-7-15-9-11/h4,6-10H,3,5H2,1-2H3,(H2,16,17,18,19)/t10-/m0/s1. The Morgan fingerprint density at radius 3 is 3.05 bits per heavy atom. The van der Waals surface area contributed by atoms with E-state index in [0.717, 1.165) is 18.5 Å². The van der Waals surface area contributed by atoms with Gasteiger partial charge in [0.15, 0.2) is 5.82 Å². The number of carbonyl (C=O) groups excluding carboxylic acids is 1. The molecule has 2 aromatic heterocycles. The number of aromatic amines is 1. The number of anilines is 1. The highest BCUT2D eigenvalue weighted by Gasteiger charge is 2.11. The molecule has 0 aliphatic heterocycles. The molecule has 0 bridgehead atoms. The van der Waals surface area contributed by atoms with Crippen molar-refractivity contribution in [1.82, 2.24) is 15.2 Å². The van der Waals surface area contributed by atoms with Crippen molar-refractivity contribution >= 4 is 11.7 Å². The summed E-state index contributed by atoms with van der Waals surface area (Å²) in [5.41, 5.74) is 1.57. The fourth-order valence-electron chi connectivity index (χ4n) is 1.93. The lowest BCUT2D eigenvalue weighted by Gasteiger charge is -2.05. The molecule has 1 amide bonds. The number of pyridine rings is 1. The fourth-order valence-corrected chi connectivity index (χ4v) is 1.93. The molecule has 0 aliphatic carbocycles. The van der Waals surface area contributed by atoms with Crippen LogP contribution in [-0.2, 0) is 0 Å². The normalized spacial score (nSPS) is 12.1. The lowest BCUT2D eigenvalue weighted by molar-refractivity contribution is 0.102. The Labute approximate surface area is 112 Å². The van der Waals surface area contributed by atoms with Gasteiger partial charge in [0.25, 0.3) is 5.91 Å². The van der Waals surface area contributed by atoms with E-state index in [1.54, 1.807) is 18.3 Å². The SMILES string of the molecule is CCC[C@H](C)c1cc(NC(=O)c2cccnc2)n[nH]1. The van der Waals surface area contributed by atoms with E-state index in [2.05, 4.69) is 34.3 Å². The van der Waals surface area contributed by atoms with Crippen molar-refractivity contribution in [2.24, 2.45) is 0 Å². The molecular weight excluding hydrogens is 240 g/mol. The van der Waals surface area contributed by atoms with Crippen molar-refractivity contribution in [1.29, 1.82) is 0 Å². The maximum absolute atomic E-state index is 11.9. The average Bonchev–Trinajstić information content (AvgIpc) is 2.88. The number of carbonyl (C=O) groups is 1. The van der Waals surface area contributed by atoms with E-state index in [0.29, 0.717) is 17.3 Å². The fraction of sp³-hybridized carbons (Fsp3) is 0.357. The number of amides is 1. The molecule has 2 rings (SSSR count). The lowest BCUT2D eigenvalue weighted by Crippen LogP contribution is -2.12. The summed E-state index contributed by atoms with van der Waals surface area (Å²) in [5, 5.41) is 9.83. The van der Waals surface area contributed by atoms with Gasteiger partial charge in [-0.1, -0.05) is 20.3 Å². The maximum Gasteiger partial charge on any atom is 0.258 e. The van der Waals surface area contributed by atoms with Crippen LogP contribution in [0.1, 0.15) is 48.7 Å². The van der Waals surface area contributed by atoms with Gasteiger partial charge in [0.05, 0.1) is 5.56 Å². The van der Waals surface area contributed by atoms with Crippen LogP contribution in [0.25, 0.3) is 0 Å². The monoisotopic (exact) mass is 258 g/mol. The Balaban J connectivity index is 2.02. The second kappa shape index (κ2) is 6.13. The molecule has 19 heavy (non-hydrogen) atoms. The van der Waals surface area contributed by atoms with Gasteiger partial charge in [-0.2, -0.15) is 5.10 Å². The molecule has 0 aliphatic rings.